The van der Waals surface area contributed by atoms with Crippen molar-refractivity contribution in [2.45, 2.75) is 19.6 Å². The van der Waals surface area contributed by atoms with Gasteiger partial charge in [0, 0.05) is 27.5 Å². The summed E-state index contributed by atoms with van der Waals surface area (Å²) in [5.74, 6) is -0.994. The van der Waals surface area contributed by atoms with Gasteiger partial charge in [0.25, 0.3) is 0 Å². The molecule has 148 valence electrons. The molecule has 2 aromatic carbocycles. The number of carboxylic acid groups (broad SMARTS) is 1. The van der Waals surface area contributed by atoms with Gasteiger partial charge in [0.2, 0.25) is 0 Å². The normalized spacial score (nSPS) is 11.9. The molecule has 0 unspecified atom stereocenters. The van der Waals surface area contributed by atoms with E-state index in [0.717, 1.165) is 28.2 Å². The number of carbonyl (C=O) groups is 1. The maximum atomic E-state index is 12.8. The first-order chi connectivity index (χ1) is 13.7. The average molecular weight is 416 g/mol. The summed E-state index contributed by atoms with van der Waals surface area (Å²) in [6.45, 7) is 2.27. The van der Waals surface area contributed by atoms with Crippen LogP contribution in [0.3, 0.4) is 0 Å². The minimum absolute atomic E-state index is 0.228. The number of aromatic carboxylic acids is 1. The molecule has 2 aromatic heterocycles. The maximum absolute atomic E-state index is 12.8. The summed E-state index contributed by atoms with van der Waals surface area (Å²) in [5, 5.41) is 10.7. The van der Waals surface area contributed by atoms with E-state index in [9.17, 15) is 23.1 Å². The van der Waals surface area contributed by atoms with Crippen LogP contribution in [0.25, 0.3) is 21.5 Å². The summed E-state index contributed by atoms with van der Waals surface area (Å²) >= 11 is 1.39. The number of para-hydroxylation sites is 1. The molecule has 4 rings (SSSR count). The Balaban J connectivity index is 1.68. The van der Waals surface area contributed by atoms with E-state index in [1.807, 2.05) is 23.6 Å². The molecule has 0 aliphatic heterocycles. The summed E-state index contributed by atoms with van der Waals surface area (Å²) < 4.78 is 40.1. The van der Waals surface area contributed by atoms with Crippen molar-refractivity contribution in [3.63, 3.8) is 0 Å². The first-order valence-electron chi connectivity index (χ1n) is 8.69. The second-order valence-electron chi connectivity index (χ2n) is 6.60. The summed E-state index contributed by atoms with van der Waals surface area (Å²) in [6, 6.07) is 12.2. The number of hydrogen-bond donors (Lipinski definition) is 1. The number of rotatable bonds is 4. The average Bonchev–Trinajstić information content (AvgIpc) is 3.23. The maximum Gasteiger partial charge on any atom is 0.416 e. The van der Waals surface area contributed by atoms with Gasteiger partial charge in [0.05, 0.1) is 23.4 Å². The molecule has 29 heavy (non-hydrogen) atoms. The molecule has 0 atom stereocenters. The molecular weight excluding hydrogens is 401 g/mol. The summed E-state index contributed by atoms with van der Waals surface area (Å²) in [6.07, 6.45) is -2.77. The van der Waals surface area contributed by atoms with Crippen LogP contribution in [0, 0.1) is 6.92 Å². The number of alkyl halides is 3. The fraction of sp³-hybridized carbons (Fsp3) is 0.143. The predicted octanol–water partition coefficient (Wildman–Crippen LogP) is 5.84. The Morgan fingerprint density at radius 3 is 2.48 bits per heavy atom. The van der Waals surface area contributed by atoms with Crippen LogP contribution in [0.2, 0.25) is 0 Å². The molecule has 1 N–H and O–H groups in total. The van der Waals surface area contributed by atoms with Crippen molar-refractivity contribution in [1.29, 1.82) is 0 Å². The topological polar surface area (TPSA) is 55.1 Å². The van der Waals surface area contributed by atoms with Crippen molar-refractivity contribution < 1.29 is 23.1 Å². The van der Waals surface area contributed by atoms with Gasteiger partial charge in [0.15, 0.2) is 0 Å². The standard InChI is InChI=1S/C21H15F3N2O2S/c1-12-18(11-26-10-16(20(27)28)15-4-2-3-5-17(15)26)29-19(25-12)13-6-8-14(9-7-13)21(22,23)24/h2-10H,11H2,1H3,(H,27,28). The molecule has 0 fully saturated rings. The van der Waals surface area contributed by atoms with Crippen molar-refractivity contribution in [2.24, 2.45) is 0 Å². The lowest BCUT2D eigenvalue weighted by Gasteiger charge is -2.06. The molecule has 0 saturated heterocycles. The van der Waals surface area contributed by atoms with E-state index in [0.29, 0.717) is 22.5 Å². The van der Waals surface area contributed by atoms with Gasteiger partial charge >= 0.3 is 12.1 Å². The first kappa shape index (κ1) is 19.2. The van der Waals surface area contributed by atoms with Gasteiger partial charge in [-0.05, 0) is 25.1 Å². The van der Waals surface area contributed by atoms with Crippen LogP contribution in [-0.4, -0.2) is 20.6 Å². The zero-order valence-electron chi connectivity index (χ0n) is 15.2. The van der Waals surface area contributed by atoms with Gasteiger partial charge in [0.1, 0.15) is 5.01 Å². The van der Waals surface area contributed by atoms with E-state index in [-0.39, 0.29) is 5.56 Å². The first-order valence-corrected chi connectivity index (χ1v) is 9.51. The molecule has 0 radical (unpaired) electrons. The number of nitrogens with zero attached hydrogens (tertiary/aromatic N) is 2. The zero-order chi connectivity index (χ0) is 20.8. The Morgan fingerprint density at radius 1 is 1.14 bits per heavy atom. The SMILES string of the molecule is Cc1nc(-c2ccc(C(F)(F)F)cc2)sc1Cn1cc(C(=O)O)c2ccccc21. The third-order valence-electron chi connectivity index (χ3n) is 4.68. The van der Waals surface area contributed by atoms with Crippen LogP contribution >= 0.6 is 11.3 Å². The Kier molecular flexibility index (Phi) is 4.66. The minimum atomic E-state index is -4.38. The molecule has 0 amide bonds. The van der Waals surface area contributed by atoms with Crippen LogP contribution in [0.4, 0.5) is 13.2 Å². The minimum Gasteiger partial charge on any atom is -0.478 e. The fourth-order valence-electron chi connectivity index (χ4n) is 3.20. The second-order valence-corrected chi connectivity index (χ2v) is 7.68. The van der Waals surface area contributed by atoms with Crippen molar-refractivity contribution in [2.75, 3.05) is 0 Å². The molecule has 0 bridgehead atoms. The van der Waals surface area contributed by atoms with E-state index in [4.69, 9.17) is 0 Å². The number of thiazole rings is 1. The van der Waals surface area contributed by atoms with E-state index in [1.54, 1.807) is 18.3 Å². The summed E-state index contributed by atoms with van der Waals surface area (Å²) in [4.78, 5) is 16.9. The summed E-state index contributed by atoms with van der Waals surface area (Å²) in [5.41, 5.74) is 1.70. The largest absolute Gasteiger partial charge is 0.478 e. The molecule has 4 nitrogen and oxygen atoms in total. The van der Waals surface area contributed by atoms with Crippen LogP contribution in [-0.2, 0) is 12.7 Å². The van der Waals surface area contributed by atoms with Crippen molar-refractivity contribution in [3.05, 3.63) is 76.4 Å². The highest BCUT2D eigenvalue weighted by Crippen LogP contribution is 2.33. The molecular formula is C21H15F3N2O2S. The summed E-state index contributed by atoms with van der Waals surface area (Å²) in [7, 11) is 0. The van der Waals surface area contributed by atoms with E-state index in [2.05, 4.69) is 4.98 Å². The number of benzene rings is 2. The number of hydrogen-bond acceptors (Lipinski definition) is 3. The Labute approximate surface area is 167 Å². The lowest BCUT2D eigenvalue weighted by Crippen LogP contribution is -2.03. The highest BCUT2D eigenvalue weighted by atomic mass is 32.1. The molecule has 0 spiro atoms. The number of fused-ring (bicyclic) bond motifs is 1. The fourth-order valence-corrected chi connectivity index (χ4v) is 4.27. The predicted molar refractivity (Wildman–Crippen MR) is 105 cm³/mol. The second kappa shape index (κ2) is 7.04. The van der Waals surface area contributed by atoms with E-state index >= 15 is 0 Å². The van der Waals surface area contributed by atoms with Crippen molar-refractivity contribution in [3.8, 4) is 10.6 Å². The third kappa shape index (κ3) is 3.63. The van der Waals surface area contributed by atoms with Crippen LogP contribution in [0.15, 0.2) is 54.7 Å². The Hall–Kier alpha value is -3.13. The molecule has 2 heterocycles. The van der Waals surface area contributed by atoms with Crippen LogP contribution in [0.5, 0.6) is 0 Å². The number of aryl methyl sites for hydroxylation is 1. The molecule has 0 aliphatic rings. The van der Waals surface area contributed by atoms with E-state index < -0.39 is 17.7 Å². The van der Waals surface area contributed by atoms with Gasteiger partial charge in [-0.25, -0.2) is 9.78 Å². The highest BCUT2D eigenvalue weighted by molar-refractivity contribution is 7.15. The molecule has 4 aromatic rings. The Morgan fingerprint density at radius 2 is 1.83 bits per heavy atom. The third-order valence-corrected chi connectivity index (χ3v) is 5.88. The van der Waals surface area contributed by atoms with E-state index in [1.165, 1.54) is 23.5 Å². The number of halogens is 3. The van der Waals surface area contributed by atoms with Crippen LogP contribution < -0.4 is 0 Å². The quantitative estimate of drug-likeness (QED) is 0.455. The van der Waals surface area contributed by atoms with Crippen molar-refractivity contribution in [1.82, 2.24) is 9.55 Å². The molecule has 0 saturated carbocycles. The van der Waals surface area contributed by atoms with Gasteiger partial charge in [-0.2, -0.15) is 13.2 Å². The van der Waals surface area contributed by atoms with Gasteiger partial charge < -0.3 is 9.67 Å². The lowest BCUT2D eigenvalue weighted by atomic mass is 10.1. The lowest BCUT2D eigenvalue weighted by molar-refractivity contribution is -0.137. The van der Waals surface area contributed by atoms with Gasteiger partial charge in [-0.15, -0.1) is 11.3 Å². The number of carboxylic acids is 1. The van der Waals surface area contributed by atoms with Gasteiger partial charge in [-0.1, -0.05) is 30.3 Å². The molecule has 0 aliphatic carbocycles. The monoisotopic (exact) mass is 416 g/mol. The van der Waals surface area contributed by atoms with Crippen LogP contribution in [0.1, 0.15) is 26.5 Å². The smallest absolute Gasteiger partial charge is 0.416 e. The Bertz CT molecular complexity index is 1210. The number of aromatic nitrogens is 2. The van der Waals surface area contributed by atoms with Crippen molar-refractivity contribution >= 4 is 28.2 Å². The zero-order valence-corrected chi connectivity index (χ0v) is 16.0. The van der Waals surface area contributed by atoms with Gasteiger partial charge in [-0.3, -0.25) is 0 Å². The highest BCUT2D eigenvalue weighted by Gasteiger charge is 2.30. The molecule has 8 heteroatoms.